The van der Waals surface area contributed by atoms with Gasteiger partial charge in [0.15, 0.2) is 6.10 Å². The molecule has 1 saturated heterocycles. The van der Waals surface area contributed by atoms with Crippen LogP contribution < -0.4 is 0 Å². The van der Waals surface area contributed by atoms with Gasteiger partial charge in [0.25, 0.3) is 0 Å². The molecule has 0 radical (unpaired) electrons. The third-order valence-electron chi connectivity index (χ3n) is 2.08. The molecule has 0 spiro atoms. The third kappa shape index (κ3) is 4.41. The molecule has 1 amide bonds. The van der Waals surface area contributed by atoms with Crippen molar-refractivity contribution < 1.29 is 27.4 Å². The minimum atomic E-state index is -4.46. The fourth-order valence-electron chi connectivity index (χ4n) is 1.34. The molecule has 0 aromatic heterocycles. The van der Waals surface area contributed by atoms with Gasteiger partial charge in [0.05, 0.1) is 13.2 Å². The average Bonchev–Trinajstić information content (AvgIpc) is 2.14. The Labute approximate surface area is 97.7 Å². The molecule has 1 heterocycles. The highest BCUT2D eigenvalue weighted by Gasteiger charge is 2.44. The number of alkyl halides is 3. The molecule has 1 fully saturated rings. The second-order valence-electron chi connectivity index (χ2n) is 4.83. The number of morpholine rings is 1. The highest BCUT2D eigenvalue weighted by Crippen LogP contribution is 2.26. The highest BCUT2D eigenvalue weighted by atomic mass is 19.4. The standard InChI is InChI=1S/C10H16F3NO3/c1-9(2,3)17-8(15)14-4-5-16-7(6-14)10(11,12)13/h7H,4-6H2,1-3H3. The molecule has 0 aromatic rings. The van der Waals surface area contributed by atoms with Crippen LogP contribution >= 0.6 is 0 Å². The monoisotopic (exact) mass is 255 g/mol. The molecule has 1 aliphatic rings. The first-order valence-corrected chi connectivity index (χ1v) is 5.26. The molecule has 1 aliphatic heterocycles. The van der Waals surface area contributed by atoms with E-state index in [-0.39, 0.29) is 13.2 Å². The van der Waals surface area contributed by atoms with Gasteiger partial charge in [-0.05, 0) is 20.8 Å². The zero-order chi connectivity index (χ0) is 13.3. The van der Waals surface area contributed by atoms with Crippen molar-refractivity contribution in [3.63, 3.8) is 0 Å². The smallest absolute Gasteiger partial charge is 0.416 e. The summed E-state index contributed by atoms with van der Waals surface area (Å²) >= 11 is 0. The molecule has 1 unspecified atom stereocenters. The van der Waals surface area contributed by atoms with E-state index in [4.69, 9.17) is 4.74 Å². The second-order valence-corrected chi connectivity index (χ2v) is 4.83. The summed E-state index contributed by atoms with van der Waals surface area (Å²) in [6, 6.07) is 0. The maximum Gasteiger partial charge on any atom is 0.416 e. The number of halogens is 3. The molecule has 100 valence electrons. The Balaban J connectivity index is 2.58. The van der Waals surface area contributed by atoms with Crippen LogP contribution in [0.5, 0.6) is 0 Å². The Kier molecular flexibility index (Phi) is 3.91. The lowest BCUT2D eigenvalue weighted by Crippen LogP contribution is -2.52. The van der Waals surface area contributed by atoms with E-state index in [2.05, 4.69) is 4.74 Å². The summed E-state index contributed by atoms with van der Waals surface area (Å²) in [6.45, 7) is 4.44. The second kappa shape index (κ2) is 4.72. The maximum absolute atomic E-state index is 12.4. The van der Waals surface area contributed by atoms with Crippen molar-refractivity contribution in [1.82, 2.24) is 4.90 Å². The normalized spacial score (nSPS) is 22.5. The Hall–Kier alpha value is -0.980. The Morgan fingerprint density at radius 1 is 1.35 bits per heavy atom. The molecule has 1 atom stereocenters. The predicted octanol–water partition coefficient (Wildman–Crippen LogP) is 2.18. The fourth-order valence-corrected chi connectivity index (χ4v) is 1.34. The lowest BCUT2D eigenvalue weighted by Gasteiger charge is -2.34. The summed E-state index contributed by atoms with van der Waals surface area (Å²) < 4.78 is 46.8. The van der Waals surface area contributed by atoms with Crippen LogP contribution in [0.15, 0.2) is 0 Å². The Morgan fingerprint density at radius 2 is 1.94 bits per heavy atom. The molecule has 17 heavy (non-hydrogen) atoms. The number of rotatable bonds is 0. The number of nitrogens with zero attached hydrogens (tertiary/aromatic N) is 1. The van der Waals surface area contributed by atoms with Gasteiger partial charge in [-0.2, -0.15) is 13.2 Å². The molecular weight excluding hydrogens is 239 g/mol. The fraction of sp³-hybridized carbons (Fsp3) is 0.900. The van der Waals surface area contributed by atoms with Crippen molar-refractivity contribution in [2.45, 2.75) is 38.7 Å². The summed E-state index contributed by atoms with van der Waals surface area (Å²) in [6.07, 6.45) is -7.13. The minimum Gasteiger partial charge on any atom is -0.444 e. The van der Waals surface area contributed by atoms with E-state index >= 15 is 0 Å². The molecule has 0 saturated carbocycles. The first-order chi connectivity index (χ1) is 7.59. The van der Waals surface area contributed by atoms with Crippen LogP contribution in [0.4, 0.5) is 18.0 Å². The van der Waals surface area contributed by atoms with Gasteiger partial charge in [0.2, 0.25) is 0 Å². The minimum absolute atomic E-state index is 0.113. The van der Waals surface area contributed by atoms with Crippen LogP contribution in [0.2, 0.25) is 0 Å². The summed E-state index contributed by atoms with van der Waals surface area (Å²) in [4.78, 5) is 12.6. The lowest BCUT2D eigenvalue weighted by molar-refractivity contribution is -0.234. The predicted molar refractivity (Wildman–Crippen MR) is 53.6 cm³/mol. The van der Waals surface area contributed by atoms with Crippen LogP contribution in [0.25, 0.3) is 0 Å². The van der Waals surface area contributed by atoms with E-state index in [9.17, 15) is 18.0 Å². The zero-order valence-corrected chi connectivity index (χ0v) is 10.0. The van der Waals surface area contributed by atoms with Crippen molar-refractivity contribution >= 4 is 6.09 Å². The number of ether oxygens (including phenoxy) is 2. The third-order valence-corrected chi connectivity index (χ3v) is 2.08. The van der Waals surface area contributed by atoms with E-state index in [0.717, 1.165) is 4.90 Å². The lowest BCUT2D eigenvalue weighted by atomic mass is 10.2. The van der Waals surface area contributed by atoms with Gasteiger partial charge in [-0.15, -0.1) is 0 Å². The molecule has 0 bridgehead atoms. The van der Waals surface area contributed by atoms with Gasteiger partial charge >= 0.3 is 12.3 Å². The topological polar surface area (TPSA) is 38.8 Å². The average molecular weight is 255 g/mol. The van der Waals surface area contributed by atoms with E-state index in [1.54, 1.807) is 20.8 Å². The van der Waals surface area contributed by atoms with Crippen molar-refractivity contribution in [3.8, 4) is 0 Å². The van der Waals surface area contributed by atoms with Gasteiger partial charge in [0.1, 0.15) is 5.60 Å². The summed E-state index contributed by atoms with van der Waals surface area (Å²) in [5.41, 5.74) is -0.719. The van der Waals surface area contributed by atoms with Gasteiger partial charge in [-0.1, -0.05) is 0 Å². The van der Waals surface area contributed by atoms with Crippen molar-refractivity contribution in [1.29, 1.82) is 0 Å². The Morgan fingerprint density at radius 3 is 2.41 bits per heavy atom. The van der Waals surface area contributed by atoms with Crippen LogP contribution in [-0.2, 0) is 9.47 Å². The van der Waals surface area contributed by atoms with Crippen LogP contribution in [-0.4, -0.2) is 48.6 Å². The van der Waals surface area contributed by atoms with Gasteiger partial charge in [-0.3, -0.25) is 0 Å². The van der Waals surface area contributed by atoms with Crippen LogP contribution in [0.1, 0.15) is 20.8 Å². The van der Waals surface area contributed by atoms with Gasteiger partial charge in [0, 0.05) is 6.54 Å². The summed E-state index contributed by atoms with van der Waals surface area (Å²) in [5, 5.41) is 0. The molecule has 4 nitrogen and oxygen atoms in total. The van der Waals surface area contributed by atoms with E-state index < -0.39 is 30.5 Å². The van der Waals surface area contributed by atoms with Crippen LogP contribution in [0.3, 0.4) is 0 Å². The molecule has 0 N–H and O–H groups in total. The maximum atomic E-state index is 12.4. The van der Waals surface area contributed by atoms with Crippen molar-refractivity contribution in [2.75, 3.05) is 19.7 Å². The highest BCUT2D eigenvalue weighted by molar-refractivity contribution is 5.68. The molecule has 0 aromatic carbocycles. The number of amides is 1. The number of hydrogen-bond acceptors (Lipinski definition) is 3. The molecular formula is C10H16F3NO3. The van der Waals surface area contributed by atoms with E-state index in [0.29, 0.717) is 0 Å². The van der Waals surface area contributed by atoms with Crippen molar-refractivity contribution in [3.05, 3.63) is 0 Å². The number of carbonyl (C=O) groups is 1. The first kappa shape index (κ1) is 14.1. The zero-order valence-electron chi connectivity index (χ0n) is 10.0. The number of hydrogen-bond donors (Lipinski definition) is 0. The molecule has 1 rings (SSSR count). The summed E-state index contributed by atoms with van der Waals surface area (Å²) in [7, 11) is 0. The Bertz CT molecular complexity index is 286. The van der Waals surface area contributed by atoms with E-state index in [1.165, 1.54) is 0 Å². The van der Waals surface area contributed by atoms with Crippen LogP contribution in [0, 0.1) is 0 Å². The SMILES string of the molecule is CC(C)(C)OC(=O)N1CCOC(C(F)(F)F)C1. The van der Waals surface area contributed by atoms with E-state index in [1.807, 2.05) is 0 Å². The number of carbonyl (C=O) groups excluding carboxylic acids is 1. The molecule has 0 aliphatic carbocycles. The van der Waals surface area contributed by atoms with Crippen molar-refractivity contribution in [2.24, 2.45) is 0 Å². The quantitative estimate of drug-likeness (QED) is 0.666. The summed E-state index contributed by atoms with van der Waals surface area (Å²) in [5.74, 6) is 0. The first-order valence-electron chi connectivity index (χ1n) is 5.26. The molecule has 7 heteroatoms. The van der Waals surface area contributed by atoms with Gasteiger partial charge < -0.3 is 14.4 Å². The largest absolute Gasteiger partial charge is 0.444 e. The van der Waals surface area contributed by atoms with Gasteiger partial charge in [-0.25, -0.2) is 4.79 Å².